The number of nitrogens with zero attached hydrogens (tertiary/aromatic N) is 2. The number of carbonyl (C=O) groups is 1. The van der Waals surface area contributed by atoms with Crippen molar-refractivity contribution < 1.29 is 21.6 Å². The number of rotatable bonds is 7. The van der Waals surface area contributed by atoms with Crippen molar-refractivity contribution in [3.05, 3.63) is 58.1 Å². The van der Waals surface area contributed by atoms with Gasteiger partial charge >= 0.3 is 0 Å². The summed E-state index contributed by atoms with van der Waals surface area (Å²) in [6.07, 6.45) is 3.87. The average Bonchev–Trinajstić information content (AvgIpc) is 2.87. The molecule has 1 N–H and O–H groups in total. The van der Waals surface area contributed by atoms with Crippen LogP contribution >= 0.6 is 23.2 Å². The highest BCUT2D eigenvalue weighted by Gasteiger charge is 2.33. The van der Waals surface area contributed by atoms with Crippen LogP contribution < -0.4 is 5.32 Å². The molecular formula is C24H29Cl2N3O5S2. The van der Waals surface area contributed by atoms with Crippen molar-refractivity contribution in [2.24, 2.45) is 5.92 Å². The zero-order valence-corrected chi connectivity index (χ0v) is 22.8. The summed E-state index contributed by atoms with van der Waals surface area (Å²) in [5, 5.41) is 3.44. The first kappa shape index (κ1) is 27.3. The number of sulfonamides is 2. The minimum absolute atomic E-state index is 0.0803. The zero-order chi connectivity index (χ0) is 25.9. The van der Waals surface area contributed by atoms with Crippen molar-refractivity contribution >= 4 is 54.8 Å². The van der Waals surface area contributed by atoms with Gasteiger partial charge in [0.1, 0.15) is 0 Å². The largest absolute Gasteiger partial charge is 0.326 e. The number of halogens is 2. The lowest BCUT2D eigenvalue weighted by atomic mass is 9.99. The molecule has 12 heteroatoms. The molecule has 0 bridgehead atoms. The number of piperidine rings is 2. The van der Waals surface area contributed by atoms with Crippen LogP contribution in [0.3, 0.4) is 0 Å². The fourth-order valence-corrected chi connectivity index (χ4v) is 7.98. The molecule has 2 aromatic carbocycles. The van der Waals surface area contributed by atoms with Gasteiger partial charge in [-0.1, -0.05) is 35.7 Å². The number of hydrogen-bond donors (Lipinski definition) is 1. The predicted molar refractivity (Wildman–Crippen MR) is 141 cm³/mol. The van der Waals surface area contributed by atoms with Crippen LogP contribution in [-0.2, 0) is 30.6 Å². The molecule has 0 radical (unpaired) electrons. The highest BCUT2D eigenvalue weighted by atomic mass is 35.5. The quantitative estimate of drug-likeness (QED) is 0.530. The van der Waals surface area contributed by atoms with Crippen LogP contribution in [0.15, 0.2) is 47.4 Å². The second-order valence-corrected chi connectivity index (χ2v) is 13.9. The third-order valence-corrected chi connectivity index (χ3v) is 11.0. The summed E-state index contributed by atoms with van der Waals surface area (Å²) < 4.78 is 54.5. The van der Waals surface area contributed by atoms with Crippen LogP contribution in [-0.4, -0.2) is 57.5 Å². The zero-order valence-electron chi connectivity index (χ0n) is 19.7. The second-order valence-electron chi connectivity index (χ2n) is 9.18. The summed E-state index contributed by atoms with van der Waals surface area (Å²) in [6.45, 7) is 1.47. The predicted octanol–water partition coefficient (Wildman–Crippen LogP) is 4.35. The lowest BCUT2D eigenvalue weighted by Crippen LogP contribution is -2.44. The van der Waals surface area contributed by atoms with Gasteiger partial charge in [0.15, 0.2) is 0 Å². The van der Waals surface area contributed by atoms with Gasteiger partial charge in [-0.05, 0) is 67.6 Å². The summed E-state index contributed by atoms with van der Waals surface area (Å²) >= 11 is 11.9. The Balaban J connectivity index is 1.38. The lowest BCUT2D eigenvalue weighted by molar-refractivity contribution is -0.120. The van der Waals surface area contributed by atoms with Crippen LogP contribution in [0.1, 0.15) is 37.7 Å². The van der Waals surface area contributed by atoms with E-state index in [1.165, 1.54) is 26.8 Å². The summed E-state index contributed by atoms with van der Waals surface area (Å²) in [5.74, 6) is -1.04. The van der Waals surface area contributed by atoms with Gasteiger partial charge in [0, 0.05) is 31.9 Å². The van der Waals surface area contributed by atoms with E-state index in [0.717, 1.165) is 19.3 Å². The molecule has 8 nitrogen and oxygen atoms in total. The lowest BCUT2D eigenvalue weighted by Gasteiger charge is -2.31. The minimum Gasteiger partial charge on any atom is -0.326 e. The Morgan fingerprint density at radius 3 is 2.19 bits per heavy atom. The molecule has 4 rings (SSSR count). The molecule has 2 aliphatic rings. The molecule has 196 valence electrons. The summed E-state index contributed by atoms with van der Waals surface area (Å²) in [4.78, 5) is 13.1. The molecule has 36 heavy (non-hydrogen) atoms. The van der Waals surface area contributed by atoms with E-state index in [-0.39, 0.29) is 28.1 Å². The maximum Gasteiger partial charge on any atom is 0.243 e. The standard InChI is InChI=1S/C24H29Cl2N3O5S2/c25-22-11-6-18(15-23(22)26)17-35(31,32)29-14-4-5-19(16-29)24(30)27-20-7-9-21(10-8-20)36(33,34)28-12-2-1-3-13-28/h6-11,15,19H,1-5,12-14,16-17H2,(H,27,30)/t19-/m0/s1. The Morgan fingerprint density at radius 1 is 0.861 bits per heavy atom. The molecule has 1 atom stereocenters. The summed E-state index contributed by atoms with van der Waals surface area (Å²) in [7, 11) is -7.21. The van der Waals surface area contributed by atoms with E-state index in [0.29, 0.717) is 48.7 Å². The number of carbonyl (C=O) groups excluding carboxylic acids is 1. The van der Waals surface area contributed by atoms with Crippen LogP contribution in [0.25, 0.3) is 0 Å². The Labute approximate surface area is 222 Å². The first-order valence-electron chi connectivity index (χ1n) is 11.9. The summed E-state index contributed by atoms with van der Waals surface area (Å²) in [6, 6.07) is 10.8. The Bertz CT molecular complexity index is 1310. The van der Waals surface area contributed by atoms with Gasteiger partial charge in [0.25, 0.3) is 0 Å². The topological polar surface area (TPSA) is 104 Å². The highest BCUT2D eigenvalue weighted by molar-refractivity contribution is 7.89. The molecule has 2 aromatic rings. The first-order valence-corrected chi connectivity index (χ1v) is 15.7. The molecule has 0 aromatic heterocycles. The Kier molecular flexibility index (Phi) is 8.63. The molecule has 2 aliphatic heterocycles. The second kappa shape index (κ2) is 11.4. The van der Waals surface area contributed by atoms with Crippen molar-refractivity contribution in [2.75, 3.05) is 31.5 Å². The number of hydrogen-bond acceptors (Lipinski definition) is 5. The molecule has 0 spiro atoms. The first-order chi connectivity index (χ1) is 17.1. The monoisotopic (exact) mass is 573 g/mol. The number of nitrogens with one attached hydrogen (secondary N) is 1. The van der Waals surface area contributed by atoms with Gasteiger partial charge in [0.05, 0.1) is 26.6 Å². The highest BCUT2D eigenvalue weighted by Crippen LogP contribution is 2.27. The maximum atomic E-state index is 13.0. The van der Waals surface area contributed by atoms with E-state index in [9.17, 15) is 21.6 Å². The third kappa shape index (κ3) is 6.41. The minimum atomic E-state index is -3.66. The molecule has 0 aliphatic carbocycles. The molecule has 0 unspecified atom stereocenters. The van der Waals surface area contributed by atoms with E-state index >= 15 is 0 Å². The van der Waals surface area contributed by atoms with Crippen molar-refractivity contribution in [3.63, 3.8) is 0 Å². The Morgan fingerprint density at radius 2 is 1.53 bits per heavy atom. The van der Waals surface area contributed by atoms with Crippen LogP contribution in [0, 0.1) is 5.92 Å². The number of amides is 1. The van der Waals surface area contributed by atoms with E-state index in [1.54, 1.807) is 24.3 Å². The fraction of sp³-hybridized carbons (Fsp3) is 0.458. The molecular weight excluding hydrogens is 545 g/mol. The fourth-order valence-electron chi connectivity index (χ4n) is 4.55. The number of anilines is 1. The van der Waals surface area contributed by atoms with E-state index < -0.39 is 26.0 Å². The molecule has 2 fully saturated rings. The van der Waals surface area contributed by atoms with Crippen molar-refractivity contribution in [2.45, 2.75) is 42.8 Å². The van der Waals surface area contributed by atoms with Gasteiger partial charge in [-0.3, -0.25) is 4.79 Å². The van der Waals surface area contributed by atoms with E-state index in [4.69, 9.17) is 23.2 Å². The van der Waals surface area contributed by atoms with E-state index in [2.05, 4.69) is 5.32 Å². The van der Waals surface area contributed by atoms with Gasteiger partial charge in [0.2, 0.25) is 26.0 Å². The molecule has 0 saturated carbocycles. The van der Waals surface area contributed by atoms with Crippen LogP contribution in [0.2, 0.25) is 10.0 Å². The third-order valence-electron chi connectivity index (χ3n) is 6.56. The van der Waals surface area contributed by atoms with Crippen molar-refractivity contribution in [3.8, 4) is 0 Å². The van der Waals surface area contributed by atoms with Crippen molar-refractivity contribution in [1.82, 2.24) is 8.61 Å². The van der Waals surface area contributed by atoms with Gasteiger partial charge in [-0.2, -0.15) is 4.31 Å². The maximum absolute atomic E-state index is 13.0. The normalized spacial score (nSPS) is 20.2. The number of benzene rings is 2. The molecule has 2 heterocycles. The van der Waals surface area contributed by atoms with E-state index in [1.807, 2.05) is 0 Å². The smallest absolute Gasteiger partial charge is 0.243 e. The Hall–Kier alpha value is -1.69. The SMILES string of the molecule is O=C(Nc1ccc(S(=O)(=O)N2CCCCC2)cc1)[C@H]1CCCN(S(=O)(=O)Cc2ccc(Cl)c(Cl)c2)C1. The average molecular weight is 575 g/mol. The van der Waals surface area contributed by atoms with Crippen LogP contribution in [0.5, 0.6) is 0 Å². The van der Waals surface area contributed by atoms with Crippen molar-refractivity contribution in [1.29, 1.82) is 0 Å². The van der Waals surface area contributed by atoms with Gasteiger partial charge in [-0.25, -0.2) is 21.1 Å². The summed E-state index contributed by atoms with van der Waals surface area (Å²) in [5.41, 5.74) is 0.990. The van der Waals surface area contributed by atoms with Gasteiger partial charge in [-0.15, -0.1) is 0 Å². The molecule has 2 saturated heterocycles. The molecule has 1 amide bonds. The van der Waals surface area contributed by atoms with Crippen LogP contribution in [0.4, 0.5) is 5.69 Å². The van der Waals surface area contributed by atoms with Gasteiger partial charge < -0.3 is 5.32 Å².